The molecule has 0 saturated heterocycles. The molecule has 0 aliphatic heterocycles. The first kappa shape index (κ1) is 19.0. The first-order chi connectivity index (χ1) is 12.7. The molecule has 10 heteroatoms. The Labute approximate surface area is 152 Å². The van der Waals surface area contributed by atoms with Crippen LogP contribution in [0.2, 0.25) is 0 Å². The summed E-state index contributed by atoms with van der Waals surface area (Å²) in [5.41, 5.74) is -2.00. The normalized spacial score (nSPS) is 22.1. The van der Waals surface area contributed by atoms with Gasteiger partial charge in [0.15, 0.2) is 5.67 Å². The Morgan fingerprint density at radius 2 is 2.00 bits per heavy atom. The lowest BCUT2D eigenvalue weighted by Gasteiger charge is -2.39. The highest BCUT2D eigenvalue weighted by atomic mass is 19.4. The average Bonchev–Trinajstić information content (AvgIpc) is 3.05. The molecule has 1 heterocycles. The molecule has 0 spiro atoms. The molecule has 3 N–H and O–H groups in total. The summed E-state index contributed by atoms with van der Waals surface area (Å²) in [5, 5.41) is 11.8. The fourth-order valence-electron chi connectivity index (χ4n) is 2.84. The molecule has 0 radical (unpaired) electrons. The zero-order valence-electron chi connectivity index (χ0n) is 14.1. The highest BCUT2D eigenvalue weighted by molar-refractivity contribution is 5.97. The predicted molar refractivity (Wildman–Crippen MR) is 92.1 cm³/mol. The molecule has 1 aliphatic rings. The van der Waals surface area contributed by atoms with E-state index in [9.17, 15) is 22.4 Å². The van der Waals surface area contributed by atoms with Crippen molar-refractivity contribution in [3.63, 3.8) is 0 Å². The Hall–Kier alpha value is -2.75. The van der Waals surface area contributed by atoms with Gasteiger partial charge in [0, 0.05) is 30.5 Å². The monoisotopic (exact) mass is 383 g/mol. The molecule has 27 heavy (non-hydrogen) atoms. The molecule has 1 saturated carbocycles. The first-order valence-electron chi connectivity index (χ1n) is 8.10. The van der Waals surface area contributed by atoms with Gasteiger partial charge in [0.25, 0.3) is 5.91 Å². The number of nitrogens with zero attached hydrogens (tertiary/aromatic N) is 2. The number of amides is 1. The maximum Gasteiger partial charge on any atom is 0.416 e. The van der Waals surface area contributed by atoms with Crippen molar-refractivity contribution in [2.45, 2.75) is 30.7 Å². The van der Waals surface area contributed by atoms with Gasteiger partial charge in [0.2, 0.25) is 0 Å². The maximum atomic E-state index is 14.5. The highest BCUT2D eigenvalue weighted by Gasteiger charge is 2.50. The van der Waals surface area contributed by atoms with Gasteiger partial charge in [-0.05, 0) is 18.9 Å². The molecule has 3 rings (SSSR count). The largest absolute Gasteiger partial charge is 0.416 e. The second kappa shape index (κ2) is 7.10. The van der Waals surface area contributed by atoms with Crippen LogP contribution in [0.25, 0.3) is 11.3 Å². The molecule has 1 aromatic heterocycles. The lowest BCUT2D eigenvalue weighted by Crippen LogP contribution is -2.57. The number of anilines is 1. The van der Waals surface area contributed by atoms with Gasteiger partial charge < -0.3 is 5.32 Å². The van der Waals surface area contributed by atoms with Crippen molar-refractivity contribution in [1.82, 2.24) is 15.5 Å². The molecule has 0 unspecified atom stereocenters. The van der Waals surface area contributed by atoms with Gasteiger partial charge in [0.1, 0.15) is 5.82 Å². The predicted octanol–water partition coefficient (Wildman–Crippen LogP) is 3.15. The molecule has 0 atom stereocenters. The third-order valence-corrected chi connectivity index (χ3v) is 4.37. The zero-order valence-corrected chi connectivity index (χ0v) is 14.1. The third kappa shape index (κ3) is 4.16. The average molecular weight is 383 g/mol. The van der Waals surface area contributed by atoms with E-state index in [0.29, 0.717) is 17.9 Å². The number of H-pyrrole nitrogens is 1. The van der Waals surface area contributed by atoms with Crippen LogP contribution >= 0.6 is 0 Å². The van der Waals surface area contributed by atoms with E-state index < -0.39 is 23.3 Å². The second-order valence-corrected chi connectivity index (χ2v) is 6.35. The van der Waals surface area contributed by atoms with Crippen LogP contribution in [0.5, 0.6) is 0 Å². The lowest BCUT2D eigenvalue weighted by molar-refractivity contribution is -0.137. The number of aliphatic imine (C=N–C) groups is 1. The number of nitrogens with one attached hydrogen (secondary N) is 3. The van der Waals surface area contributed by atoms with Gasteiger partial charge in [-0.15, -0.1) is 0 Å². The van der Waals surface area contributed by atoms with Gasteiger partial charge in [-0.2, -0.15) is 18.3 Å². The Morgan fingerprint density at radius 3 is 2.59 bits per heavy atom. The molecule has 1 amide bonds. The third-order valence-electron chi connectivity index (χ3n) is 4.37. The smallest absolute Gasteiger partial charge is 0.308 e. The van der Waals surface area contributed by atoms with E-state index in [4.69, 9.17) is 0 Å². The van der Waals surface area contributed by atoms with Crippen LogP contribution in [0.3, 0.4) is 0 Å². The summed E-state index contributed by atoms with van der Waals surface area (Å²) in [7, 11) is 0. The van der Waals surface area contributed by atoms with E-state index in [1.807, 2.05) is 0 Å². The van der Waals surface area contributed by atoms with Crippen LogP contribution in [-0.4, -0.2) is 41.2 Å². The van der Waals surface area contributed by atoms with Crippen LogP contribution < -0.4 is 10.6 Å². The molecule has 2 aromatic rings. The Bertz CT molecular complexity index is 825. The summed E-state index contributed by atoms with van der Waals surface area (Å²) in [5.74, 6) is -0.633. The van der Waals surface area contributed by atoms with Crippen molar-refractivity contribution < 1.29 is 22.4 Å². The summed E-state index contributed by atoms with van der Waals surface area (Å²) in [6.07, 6.45) is -4.38. The molecule has 1 aliphatic carbocycles. The molecule has 6 nitrogen and oxygen atoms in total. The van der Waals surface area contributed by atoms with Crippen LogP contribution in [0.1, 0.15) is 18.4 Å². The topological polar surface area (TPSA) is 82.2 Å². The minimum Gasteiger partial charge on any atom is -0.308 e. The van der Waals surface area contributed by atoms with Gasteiger partial charge >= 0.3 is 6.18 Å². The number of halogens is 4. The number of carbonyl (C=O) groups excluding carboxylic acids is 1. The highest BCUT2D eigenvalue weighted by Crippen LogP contribution is 2.37. The Balaban J connectivity index is 1.61. The van der Waals surface area contributed by atoms with Crippen molar-refractivity contribution in [1.29, 1.82) is 0 Å². The number of carbonyl (C=O) groups is 1. The summed E-state index contributed by atoms with van der Waals surface area (Å²) in [6, 6.07) is 5.72. The standard InChI is InChI=1S/C17H17F4N5O/c1-22-9-23-12-7-16(18,8-12)15(27)24-14-6-13(25-26-14)10-2-4-11(5-3-10)17(19,20)21/h2-6,12,23H,1,7-9H2,(H2,24,25,26,27)/t12-,16+. The Morgan fingerprint density at radius 1 is 1.33 bits per heavy atom. The van der Waals surface area contributed by atoms with E-state index in [-0.39, 0.29) is 24.7 Å². The van der Waals surface area contributed by atoms with Gasteiger partial charge in [-0.1, -0.05) is 12.1 Å². The second-order valence-electron chi connectivity index (χ2n) is 6.35. The number of hydrogen-bond acceptors (Lipinski definition) is 4. The summed E-state index contributed by atoms with van der Waals surface area (Å²) < 4.78 is 52.3. The minimum atomic E-state index is -4.42. The fourth-order valence-corrected chi connectivity index (χ4v) is 2.84. The van der Waals surface area contributed by atoms with Crippen LogP contribution in [0.15, 0.2) is 35.3 Å². The maximum absolute atomic E-state index is 14.5. The molecule has 144 valence electrons. The van der Waals surface area contributed by atoms with Crippen molar-refractivity contribution in [3.05, 3.63) is 35.9 Å². The molecule has 1 fully saturated rings. The SMILES string of the molecule is C=NCN[C@H]1C[C@](F)(C(=O)Nc2cc(-c3ccc(C(F)(F)F)cc3)n[nH]2)C1. The number of alkyl halides is 4. The molecule has 0 bridgehead atoms. The molecular weight excluding hydrogens is 366 g/mol. The number of aromatic nitrogens is 2. The van der Waals surface area contributed by atoms with E-state index in [1.165, 1.54) is 18.2 Å². The number of rotatable bonds is 6. The number of aromatic amines is 1. The van der Waals surface area contributed by atoms with Gasteiger partial charge in [0.05, 0.1) is 17.9 Å². The quantitative estimate of drug-likeness (QED) is 0.529. The Kier molecular flexibility index (Phi) is 5.01. The van der Waals surface area contributed by atoms with Crippen molar-refractivity contribution >= 4 is 18.4 Å². The first-order valence-corrected chi connectivity index (χ1v) is 8.10. The van der Waals surface area contributed by atoms with E-state index in [2.05, 4.69) is 32.5 Å². The number of hydrogen-bond donors (Lipinski definition) is 3. The molecular formula is C17H17F4N5O. The van der Waals surface area contributed by atoms with E-state index in [1.54, 1.807) is 0 Å². The van der Waals surface area contributed by atoms with Crippen LogP contribution in [0.4, 0.5) is 23.4 Å². The van der Waals surface area contributed by atoms with Crippen LogP contribution in [-0.2, 0) is 11.0 Å². The van der Waals surface area contributed by atoms with Gasteiger partial charge in [-0.3, -0.25) is 20.2 Å². The molecule has 1 aromatic carbocycles. The van der Waals surface area contributed by atoms with Crippen LogP contribution in [0, 0.1) is 0 Å². The van der Waals surface area contributed by atoms with Gasteiger partial charge in [-0.25, -0.2) is 4.39 Å². The number of benzene rings is 1. The lowest BCUT2D eigenvalue weighted by atomic mass is 9.76. The summed E-state index contributed by atoms with van der Waals surface area (Å²) in [4.78, 5) is 15.7. The van der Waals surface area contributed by atoms with Crippen molar-refractivity contribution in [3.8, 4) is 11.3 Å². The summed E-state index contributed by atoms with van der Waals surface area (Å²) in [6.45, 7) is 3.60. The van der Waals surface area contributed by atoms with Crippen molar-refractivity contribution in [2.24, 2.45) is 4.99 Å². The fraction of sp³-hybridized carbons (Fsp3) is 0.353. The van der Waals surface area contributed by atoms with E-state index in [0.717, 1.165) is 12.1 Å². The summed E-state index contributed by atoms with van der Waals surface area (Å²) >= 11 is 0. The zero-order chi connectivity index (χ0) is 19.7. The van der Waals surface area contributed by atoms with E-state index >= 15 is 0 Å². The minimum absolute atomic E-state index is 0.0221. The van der Waals surface area contributed by atoms with Crippen molar-refractivity contribution in [2.75, 3.05) is 12.0 Å².